The van der Waals surface area contributed by atoms with Gasteiger partial charge < -0.3 is 10.1 Å². The topological polar surface area (TPSA) is 33.1 Å². The van der Waals surface area contributed by atoms with Crippen LogP contribution in [-0.4, -0.2) is 17.9 Å². The lowest BCUT2D eigenvalue weighted by atomic mass is 9.50. The van der Waals surface area contributed by atoms with Crippen molar-refractivity contribution < 1.29 is 4.74 Å². The molecule has 5 rings (SSSR count). The lowest BCUT2D eigenvalue weighted by Crippen LogP contribution is -2.52. The molecule has 3 saturated carbocycles. The van der Waals surface area contributed by atoms with Crippen LogP contribution < -0.4 is 0 Å². The quantitative estimate of drug-likeness (QED) is 0.634. The van der Waals surface area contributed by atoms with Crippen LogP contribution in [-0.2, 0) is 4.74 Å². The second kappa shape index (κ2) is 4.81. The Morgan fingerprint density at radius 3 is 2.83 bits per heavy atom. The van der Waals surface area contributed by atoms with Crippen molar-refractivity contribution in [3.05, 3.63) is 23.8 Å². The molecule has 3 unspecified atom stereocenters. The van der Waals surface area contributed by atoms with Crippen LogP contribution in [0.25, 0.3) is 0 Å². The van der Waals surface area contributed by atoms with Crippen molar-refractivity contribution in [2.75, 3.05) is 6.61 Å². The monoisotopic (exact) mass is 311 g/mol. The van der Waals surface area contributed by atoms with E-state index in [0.717, 1.165) is 42.4 Å². The SMILES string of the molecule is C[C@]12CCC3C(CCC4=CC(=N)CC[C@@H]43)C1CC[C@@]21C=CCO1. The van der Waals surface area contributed by atoms with Crippen LogP contribution in [0.4, 0.5) is 0 Å². The molecule has 1 heterocycles. The van der Waals surface area contributed by atoms with Gasteiger partial charge in [-0.05, 0) is 81.1 Å². The maximum Gasteiger partial charge on any atom is 0.0923 e. The molecule has 3 fully saturated rings. The number of ether oxygens (including phenoxy) is 1. The molecule has 6 atom stereocenters. The third-order valence-electron chi connectivity index (χ3n) is 8.34. The van der Waals surface area contributed by atoms with Crippen LogP contribution in [0.3, 0.4) is 0 Å². The van der Waals surface area contributed by atoms with E-state index in [1.54, 1.807) is 5.57 Å². The Hall–Kier alpha value is -0.890. The van der Waals surface area contributed by atoms with E-state index in [9.17, 15) is 0 Å². The Labute approximate surface area is 139 Å². The van der Waals surface area contributed by atoms with E-state index in [1.807, 2.05) is 0 Å². The molecule has 0 radical (unpaired) electrons. The van der Waals surface area contributed by atoms with Gasteiger partial charge in [0.1, 0.15) is 0 Å². The van der Waals surface area contributed by atoms with Crippen LogP contribution >= 0.6 is 0 Å². The van der Waals surface area contributed by atoms with Gasteiger partial charge in [0.05, 0.1) is 12.2 Å². The minimum absolute atomic E-state index is 0.0629. The van der Waals surface area contributed by atoms with Crippen molar-refractivity contribution in [2.45, 2.75) is 63.9 Å². The highest BCUT2D eigenvalue weighted by atomic mass is 16.5. The molecule has 1 spiro atoms. The Bertz CT molecular complexity index is 605. The summed E-state index contributed by atoms with van der Waals surface area (Å²) in [6, 6.07) is 0. The number of allylic oxidation sites excluding steroid dienone is 2. The highest BCUT2D eigenvalue weighted by molar-refractivity contribution is 5.93. The van der Waals surface area contributed by atoms with Gasteiger partial charge in [0.2, 0.25) is 0 Å². The van der Waals surface area contributed by atoms with E-state index in [0.29, 0.717) is 5.41 Å². The largest absolute Gasteiger partial charge is 0.366 e. The van der Waals surface area contributed by atoms with Gasteiger partial charge in [-0.25, -0.2) is 0 Å². The average molecular weight is 311 g/mol. The van der Waals surface area contributed by atoms with Crippen LogP contribution in [0.2, 0.25) is 0 Å². The summed E-state index contributed by atoms with van der Waals surface area (Å²) in [5.74, 6) is 3.44. The maximum atomic E-state index is 8.00. The first-order valence-electron chi connectivity index (χ1n) is 9.72. The van der Waals surface area contributed by atoms with Crippen LogP contribution in [0.1, 0.15) is 58.3 Å². The fourth-order valence-corrected chi connectivity index (χ4v) is 7.24. The van der Waals surface area contributed by atoms with Gasteiger partial charge in [-0.2, -0.15) is 0 Å². The molecule has 2 nitrogen and oxygen atoms in total. The second-order valence-corrected chi connectivity index (χ2v) is 8.96. The van der Waals surface area contributed by atoms with E-state index >= 15 is 0 Å². The predicted octanol–water partition coefficient (Wildman–Crippen LogP) is 4.90. The summed E-state index contributed by atoms with van der Waals surface area (Å²) in [6.07, 6.45) is 17.1. The van der Waals surface area contributed by atoms with Gasteiger partial charge in [0.25, 0.3) is 0 Å². The van der Waals surface area contributed by atoms with E-state index in [2.05, 4.69) is 25.2 Å². The first-order chi connectivity index (χ1) is 11.1. The Balaban J connectivity index is 1.47. The highest BCUT2D eigenvalue weighted by Gasteiger charge is 2.63. The highest BCUT2D eigenvalue weighted by Crippen LogP contribution is 2.66. The summed E-state index contributed by atoms with van der Waals surface area (Å²) in [6.45, 7) is 3.37. The number of hydrogen-bond acceptors (Lipinski definition) is 2. The van der Waals surface area contributed by atoms with Crippen molar-refractivity contribution >= 4 is 5.71 Å². The fraction of sp³-hybridized carbons (Fsp3) is 0.762. The van der Waals surface area contributed by atoms with Crippen LogP contribution in [0, 0.1) is 34.5 Å². The number of hydrogen-bond donors (Lipinski definition) is 1. The molecule has 0 aromatic carbocycles. The Morgan fingerprint density at radius 2 is 2.00 bits per heavy atom. The molecule has 1 N–H and O–H groups in total. The number of rotatable bonds is 0. The summed E-state index contributed by atoms with van der Waals surface area (Å²) >= 11 is 0. The van der Waals surface area contributed by atoms with Crippen molar-refractivity contribution in [3.63, 3.8) is 0 Å². The fourth-order valence-electron chi connectivity index (χ4n) is 7.24. The molecule has 2 heteroatoms. The summed E-state index contributed by atoms with van der Waals surface area (Å²) in [7, 11) is 0. The summed E-state index contributed by atoms with van der Waals surface area (Å²) in [5.41, 5.74) is 2.92. The maximum absolute atomic E-state index is 8.00. The minimum Gasteiger partial charge on any atom is -0.366 e. The molecule has 0 aromatic heterocycles. The zero-order chi connectivity index (χ0) is 15.7. The summed E-state index contributed by atoms with van der Waals surface area (Å²) in [5, 5.41) is 8.00. The molecule has 1 aliphatic heterocycles. The van der Waals surface area contributed by atoms with Gasteiger partial charge in [-0.3, -0.25) is 0 Å². The minimum atomic E-state index is 0.0629. The molecule has 0 bridgehead atoms. The molecular weight excluding hydrogens is 282 g/mol. The van der Waals surface area contributed by atoms with Crippen LogP contribution in [0.5, 0.6) is 0 Å². The molecule has 0 saturated heterocycles. The average Bonchev–Trinajstić information content (AvgIpc) is 3.14. The normalized spacial score (nSPS) is 51.3. The summed E-state index contributed by atoms with van der Waals surface area (Å²) in [4.78, 5) is 0. The van der Waals surface area contributed by atoms with Gasteiger partial charge >= 0.3 is 0 Å². The third-order valence-corrected chi connectivity index (χ3v) is 8.34. The molecule has 4 aliphatic carbocycles. The smallest absolute Gasteiger partial charge is 0.0923 e. The third kappa shape index (κ3) is 1.82. The lowest BCUT2D eigenvalue weighted by molar-refractivity contribution is -0.110. The molecular formula is C21H29NO. The first kappa shape index (κ1) is 14.5. The van der Waals surface area contributed by atoms with Crippen molar-refractivity contribution in [3.8, 4) is 0 Å². The Kier molecular flexibility index (Phi) is 3.03. The standard InChI is InChI=1S/C21H29NO/c1-20-10-7-17-16-6-4-15(22)13-14(16)3-5-18(17)19(20)8-11-21(20)9-2-12-23-21/h2,9,13,16-19,22H,3-8,10-12H2,1H3/t16-,17?,18?,19?,20-,21-/m0/s1. The zero-order valence-electron chi connectivity index (χ0n) is 14.3. The van der Waals surface area contributed by atoms with Crippen molar-refractivity contribution in [1.82, 2.24) is 0 Å². The zero-order valence-corrected chi connectivity index (χ0v) is 14.3. The second-order valence-electron chi connectivity index (χ2n) is 8.96. The van der Waals surface area contributed by atoms with Gasteiger partial charge in [0, 0.05) is 11.1 Å². The van der Waals surface area contributed by atoms with E-state index in [1.165, 1.54) is 44.9 Å². The lowest BCUT2D eigenvalue weighted by Gasteiger charge is -2.55. The van der Waals surface area contributed by atoms with E-state index < -0.39 is 0 Å². The number of fused-ring (bicyclic) bond motifs is 6. The van der Waals surface area contributed by atoms with Gasteiger partial charge in [-0.15, -0.1) is 0 Å². The van der Waals surface area contributed by atoms with Gasteiger partial charge in [-0.1, -0.05) is 24.6 Å². The molecule has 23 heavy (non-hydrogen) atoms. The number of nitrogens with one attached hydrogen (secondary N) is 1. The van der Waals surface area contributed by atoms with Gasteiger partial charge in [0.15, 0.2) is 0 Å². The molecule has 5 aliphatic rings. The molecule has 0 amide bonds. The van der Waals surface area contributed by atoms with E-state index in [-0.39, 0.29) is 5.60 Å². The first-order valence-corrected chi connectivity index (χ1v) is 9.72. The van der Waals surface area contributed by atoms with Crippen LogP contribution in [0.15, 0.2) is 23.8 Å². The van der Waals surface area contributed by atoms with Crippen molar-refractivity contribution in [2.24, 2.45) is 29.1 Å². The van der Waals surface area contributed by atoms with Crippen molar-refractivity contribution in [1.29, 1.82) is 5.41 Å². The molecule has 0 aromatic rings. The molecule has 124 valence electrons. The predicted molar refractivity (Wildman–Crippen MR) is 92.6 cm³/mol. The van der Waals surface area contributed by atoms with E-state index in [4.69, 9.17) is 10.1 Å². The summed E-state index contributed by atoms with van der Waals surface area (Å²) < 4.78 is 6.32. The Morgan fingerprint density at radius 1 is 1.09 bits per heavy atom.